The summed E-state index contributed by atoms with van der Waals surface area (Å²) >= 11 is 5.86. The minimum atomic E-state index is -1.02. The zero-order valence-corrected chi connectivity index (χ0v) is 11.0. The van der Waals surface area contributed by atoms with Crippen LogP contribution in [0.3, 0.4) is 0 Å². The second kappa shape index (κ2) is 7.03. The van der Waals surface area contributed by atoms with E-state index in [9.17, 15) is 4.79 Å². The fourth-order valence-corrected chi connectivity index (χ4v) is 1.40. The molecule has 0 radical (unpaired) electrons. The minimum absolute atomic E-state index is 0.0445. The molecule has 0 fully saturated rings. The van der Waals surface area contributed by atoms with Gasteiger partial charge < -0.3 is 14.6 Å². The van der Waals surface area contributed by atoms with Crippen molar-refractivity contribution in [3.05, 3.63) is 34.9 Å². The van der Waals surface area contributed by atoms with Crippen LogP contribution in [0.4, 0.5) is 0 Å². The maximum atomic E-state index is 10.5. The van der Waals surface area contributed by atoms with Gasteiger partial charge in [0.2, 0.25) is 0 Å². The summed E-state index contributed by atoms with van der Waals surface area (Å²) in [6.45, 7) is 2.26. The van der Waals surface area contributed by atoms with Gasteiger partial charge in [-0.05, 0) is 31.2 Å². The van der Waals surface area contributed by atoms with Crippen molar-refractivity contribution < 1.29 is 19.4 Å². The van der Waals surface area contributed by atoms with E-state index in [1.54, 1.807) is 25.3 Å². The Morgan fingerprint density at radius 2 is 2.28 bits per heavy atom. The SMILES string of the molecule is COC(C)COc1ccc(Cl)cc1/C=C/C(=O)O. The van der Waals surface area contributed by atoms with Crippen LogP contribution in [-0.4, -0.2) is 30.9 Å². The minimum Gasteiger partial charge on any atom is -0.490 e. The van der Waals surface area contributed by atoms with Crippen molar-refractivity contribution in [1.82, 2.24) is 0 Å². The summed E-state index contributed by atoms with van der Waals surface area (Å²) in [7, 11) is 1.60. The van der Waals surface area contributed by atoms with Gasteiger partial charge in [0, 0.05) is 23.8 Å². The first-order valence-electron chi connectivity index (χ1n) is 5.39. The highest BCUT2D eigenvalue weighted by molar-refractivity contribution is 6.30. The molecule has 1 atom stereocenters. The third kappa shape index (κ3) is 4.77. The lowest BCUT2D eigenvalue weighted by atomic mass is 10.2. The summed E-state index contributed by atoms with van der Waals surface area (Å²) in [5, 5.41) is 9.13. The van der Waals surface area contributed by atoms with Crippen molar-refractivity contribution in [3.8, 4) is 5.75 Å². The van der Waals surface area contributed by atoms with Gasteiger partial charge in [-0.25, -0.2) is 4.79 Å². The average molecular weight is 271 g/mol. The van der Waals surface area contributed by atoms with Crippen molar-refractivity contribution in [2.75, 3.05) is 13.7 Å². The topological polar surface area (TPSA) is 55.8 Å². The number of benzene rings is 1. The lowest BCUT2D eigenvalue weighted by molar-refractivity contribution is -0.131. The molecule has 0 bridgehead atoms. The summed E-state index contributed by atoms with van der Waals surface area (Å²) in [6.07, 6.45) is 2.44. The first kappa shape index (κ1) is 14.5. The van der Waals surface area contributed by atoms with Crippen molar-refractivity contribution >= 4 is 23.6 Å². The normalized spacial score (nSPS) is 12.6. The number of carbonyl (C=O) groups is 1. The predicted octanol–water partition coefficient (Wildman–Crippen LogP) is 2.85. The van der Waals surface area contributed by atoms with Crippen molar-refractivity contribution in [3.63, 3.8) is 0 Å². The quantitative estimate of drug-likeness (QED) is 0.808. The van der Waals surface area contributed by atoms with Gasteiger partial charge in [0.05, 0.1) is 6.10 Å². The van der Waals surface area contributed by atoms with Crippen LogP contribution < -0.4 is 4.74 Å². The molecule has 1 unspecified atom stereocenters. The molecule has 18 heavy (non-hydrogen) atoms. The average Bonchev–Trinajstić information content (AvgIpc) is 2.34. The molecule has 0 aliphatic carbocycles. The van der Waals surface area contributed by atoms with Gasteiger partial charge >= 0.3 is 5.97 Å². The molecule has 5 heteroatoms. The van der Waals surface area contributed by atoms with Gasteiger partial charge in [-0.15, -0.1) is 0 Å². The van der Waals surface area contributed by atoms with E-state index in [0.29, 0.717) is 22.9 Å². The van der Waals surface area contributed by atoms with Crippen molar-refractivity contribution in [1.29, 1.82) is 0 Å². The van der Waals surface area contributed by atoms with Crippen LogP contribution >= 0.6 is 11.6 Å². The number of ether oxygens (including phenoxy) is 2. The van der Waals surface area contributed by atoms with E-state index >= 15 is 0 Å². The summed E-state index contributed by atoms with van der Waals surface area (Å²) in [5.41, 5.74) is 0.619. The highest BCUT2D eigenvalue weighted by Gasteiger charge is 2.05. The maximum Gasteiger partial charge on any atom is 0.328 e. The smallest absolute Gasteiger partial charge is 0.328 e. The van der Waals surface area contributed by atoms with Crippen LogP contribution in [0.25, 0.3) is 6.08 Å². The Bertz CT molecular complexity index is 443. The molecule has 0 heterocycles. The highest BCUT2D eigenvalue weighted by atomic mass is 35.5. The number of hydrogen-bond donors (Lipinski definition) is 1. The summed E-state index contributed by atoms with van der Waals surface area (Å²) in [6, 6.07) is 5.03. The molecule has 1 aromatic carbocycles. The molecule has 0 spiro atoms. The first-order valence-corrected chi connectivity index (χ1v) is 5.77. The Morgan fingerprint density at radius 1 is 1.56 bits per heavy atom. The monoisotopic (exact) mass is 270 g/mol. The molecule has 0 saturated heterocycles. The van der Waals surface area contributed by atoms with Crippen LogP contribution in [0, 0.1) is 0 Å². The lowest BCUT2D eigenvalue weighted by Gasteiger charge is -2.13. The van der Waals surface area contributed by atoms with Crippen molar-refractivity contribution in [2.45, 2.75) is 13.0 Å². The van der Waals surface area contributed by atoms with Crippen LogP contribution in [0.1, 0.15) is 12.5 Å². The van der Waals surface area contributed by atoms with Gasteiger partial charge in [-0.2, -0.15) is 0 Å². The Balaban J connectivity index is 2.86. The Labute approximate surface area is 111 Å². The number of carboxylic acids is 1. The first-order chi connectivity index (χ1) is 8.52. The molecule has 0 aromatic heterocycles. The second-order valence-corrected chi connectivity index (χ2v) is 4.15. The van der Waals surface area contributed by atoms with Crippen LogP contribution in [-0.2, 0) is 9.53 Å². The molecular weight excluding hydrogens is 256 g/mol. The Morgan fingerprint density at radius 3 is 2.89 bits per heavy atom. The van der Waals surface area contributed by atoms with Crippen LogP contribution in [0.5, 0.6) is 5.75 Å². The number of aliphatic carboxylic acids is 1. The maximum absolute atomic E-state index is 10.5. The predicted molar refractivity (Wildman–Crippen MR) is 70.1 cm³/mol. The van der Waals surface area contributed by atoms with Crippen molar-refractivity contribution in [2.24, 2.45) is 0 Å². The summed E-state index contributed by atoms with van der Waals surface area (Å²) in [5.74, 6) is -0.452. The van der Waals surface area contributed by atoms with Gasteiger partial charge in [0.1, 0.15) is 12.4 Å². The van der Waals surface area contributed by atoms with E-state index < -0.39 is 5.97 Å². The van der Waals surface area contributed by atoms with Gasteiger partial charge in [-0.3, -0.25) is 0 Å². The fraction of sp³-hybridized carbons (Fsp3) is 0.308. The molecule has 0 amide bonds. The van der Waals surface area contributed by atoms with Gasteiger partial charge in [0.25, 0.3) is 0 Å². The molecule has 98 valence electrons. The molecule has 0 saturated carbocycles. The molecular formula is C13H15ClO4. The molecule has 1 aromatic rings. The zero-order chi connectivity index (χ0) is 13.5. The van der Waals surface area contributed by atoms with E-state index in [4.69, 9.17) is 26.2 Å². The second-order valence-electron chi connectivity index (χ2n) is 3.71. The van der Waals surface area contributed by atoms with E-state index in [1.807, 2.05) is 6.92 Å². The molecule has 4 nitrogen and oxygen atoms in total. The van der Waals surface area contributed by atoms with Crippen LogP contribution in [0.2, 0.25) is 5.02 Å². The van der Waals surface area contributed by atoms with Gasteiger partial charge in [0.15, 0.2) is 0 Å². The van der Waals surface area contributed by atoms with E-state index in [1.165, 1.54) is 6.08 Å². The standard InChI is InChI=1S/C13H15ClO4/c1-9(17-2)8-18-12-5-4-11(14)7-10(12)3-6-13(15)16/h3-7,9H,8H2,1-2H3,(H,15,16)/b6-3+. The molecule has 1 rings (SSSR count). The fourth-order valence-electron chi connectivity index (χ4n) is 1.22. The zero-order valence-electron chi connectivity index (χ0n) is 10.2. The van der Waals surface area contributed by atoms with Gasteiger partial charge in [-0.1, -0.05) is 11.6 Å². The lowest BCUT2D eigenvalue weighted by Crippen LogP contribution is -2.16. The van der Waals surface area contributed by atoms with E-state index in [2.05, 4.69) is 0 Å². The molecule has 1 N–H and O–H groups in total. The third-order valence-corrected chi connectivity index (χ3v) is 2.49. The van der Waals surface area contributed by atoms with E-state index in [-0.39, 0.29) is 6.10 Å². The van der Waals surface area contributed by atoms with Crippen LogP contribution in [0.15, 0.2) is 24.3 Å². The molecule has 0 aliphatic rings. The third-order valence-electron chi connectivity index (χ3n) is 2.25. The Hall–Kier alpha value is -1.52. The molecule has 0 aliphatic heterocycles. The largest absolute Gasteiger partial charge is 0.490 e. The highest BCUT2D eigenvalue weighted by Crippen LogP contribution is 2.24. The number of rotatable bonds is 6. The number of carboxylic acid groups (broad SMARTS) is 1. The summed E-state index contributed by atoms with van der Waals surface area (Å²) in [4.78, 5) is 10.5. The Kier molecular flexibility index (Phi) is 5.68. The number of hydrogen-bond acceptors (Lipinski definition) is 3. The number of methoxy groups -OCH3 is 1. The summed E-state index contributed by atoms with van der Waals surface area (Å²) < 4.78 is 10.6. The van der Waals surface area contributed by atoms with E-state index in [0.717, 1.165) is 6.08 Å². The number of halogens is 1.